The van der Waals surface area contributed by atoms with Gasteiger partial charge in [0.1, 0.15) is 24.2 Å². The number of benzene rings is 2. The van der Waals surface area contributed by atoms with E-state index in [1.54, 1.807) is 24.3 Å². The lowest BCUT2D eigenvalue weighted by Crippen LogP contribution is -2.35. The Morgan fingerprint density at radius 3 is 2.75 bits per heavy atom. The zero-order chi connectivity index (χ0) is 20.3. The van der Waals surface area contributed by atoms with Gasteiger partial charge in [0.2, 0.25) is 0 Å². The Kier molecular flexibility index (Phi) is 5.81. The maximum absolute atomic E-state index is 12.7. The number of aromatic nitrogens is 1. The van der Waals surface area contributed by atoms with E-state index >= 15 is 0 Å². The Balaban J connectivity index is 1.52. The lowest BCUT2D eigenvalue weighted by Gasteiger charge is -2.14. The van der Waals surface area contributed by atoms with Crippen molar-refractivity contribution in [2.45, 2.75) is 12.3 Å². The number of nitrogens with one attached hydrogen (secondary N) is 2. The number of carbonyl (C=O) groups excluding carboxylic acids is 1. The van der Waals surface area contributed by atoms with Crippen LogP contribution in [-0.2, 0) is 6.18 Å². The Bertz CT molecular complexity index is 988. The third-order valence-electron chi connectivity index (χ3n) is 3.93. The van der Waals surface area contributed by atoms with E-state index < -0.39 is 23.8 Å². The molecule has 3 N–H and O–H groups in total. The third-order valence-corrected chi connectivity index (χ3v) is 4.17. The summed E-state index contributed by atoms with van der Waals surface area (Å²) in [6.45, 7) is -0.405. The Hall–Kier alpha value is -2.71. The number of amides is 1. The van der Waals surface area contributed by atoms with Crippen LogP contribution in [0.4, 0.5) is 13.2 Å². The number of carbonyl (C=O) groups is 1. The van der Waals surface area contributed by atoms with E-state index in [1.165, 1.54) is 12.1 Å². The van der Waals surface area contributed by atoms with Crippen molar-refractivity contribution >= 4 is 28.4 Å². The van der Waals surface area contributed by atoms with Crippen LogP contribution in [0.2, 0.25) is 5.02 Å². The first-order valence-electron chi connectivity index (χ1n) is 8.27. The highest BCUT2D eigenvalue weighted by Gasteiger charge is 2.30. The minimum atomic E-state index is -4.48. The molecule has 0 saturated carbocycles. The molecule has 28 heavy (non-hydrogen) atoms. The van der Waals surface area contributed by atoms with Gasteiger partial charge >= 0.3 is 6.18 Å². The second kappa shape index (κ2) is 8.12. The van der Waals surface area contributed by atoms with E-state index in [1.807, 2.05) is 0 Å². The van der Waals surface area contributed by atoms with Crippen molar-refractivity contribution in [3.63, 3.8) is 0 Å². The van der Waals surface area contributed by atoms with Crippen LogP contribution in [0.25, 0.3) is 10.9 Å². The molecule has 0 radical (unpaired) electrons. The van der Waals surface area contributed by atoms with E-state index in [0.29, 0.717) is 16.2 Å². The molecule has 0 bridgehead atoms. The minimum Gasteiger partial charge on any atom is -0.491 e. The number of hydrogen-bond donors (Lipinski definition) is 3. The van der Waals surface area contributed by atoms with Crippen molar-refractivity contribution in [2.24, 2.45) is 0 Å². The van der Waals surface area contributed by atoms with Crippen molar-refractivity contribution in [3.05, 3.63) is 64.8 Å². The fourth-order valence-corrected chi connectivity index (χ4v) is 2.71. The summed E-state index contributed by atoms with van der Waals surface area (Å²) >= 11 is 5.90. The molecule has 148 valence electrons. The fraction of sp³-hybridized carbons (Fsp3) is 0.211. The van der Waals surface area contributed by atoms with Gasteiger partial charge in [0.25, 0.3) is 5.91 Å². The number of aliphatic hydroxyl groups is 1. The molecule has 1 heterocycles. The van der Waals surface area contributed by atoms with E-state index in [0.717, 1.165) is 17.5 Å². The highest BCUT2D eigenvalue weighted by Crippen LogP contribution is 2.31. The third kappa shape index (κ3) is 4.96. The summed E-state index contributed by atoms with van der Waals surface area (Å²) in [5, 5.41) is 13.8. The Labute approximate surface area is 163 Å². The fourth-order valence-electron chi connectivity index (χ4n) is 2.54. The predicted molar refractivity (Wildman–Crippen MR) is 98.6 cm³/mol. The molecule has 0 aliphatic heterocycles. The van der Waals surface area contributed by atoms with Crippen molar-refractivity contribution in [2.75, 3.05) is 13.2 Å². The van der Waals surface area contributed by atoms with Gasteiger partial charge in [0.15, 0.2) is 0 Å². The number of fused-ring (bicyclic) bond motifs is 1. The summed E-state index contributed by atoms with van der Waals surface area (Å²) in [4.78, 5) is 15.1. The molecule has 0 aliphatic rings. The summed E-state index contributed by atoms with van der Waals surface area (Å²) in [7, 11) is 0. The number of aliphatic hydroxyl groups excluding tert-OH is 1. The number of H-pyrrole nitrogens is 1. The van der Waals surface area contributed by atoms with Crippen molar-refractivity contribution in [1.82, 2.24) is 10.3 Å². The molecule has 0 aliphatic carbocycles. The van der Waals surface area contributed by atoms with Crippen LogP contribution < -0.4 is 10.1 Å². The standard InChI is InChI=1S/C19H16ClF3N2O3/c20-13-5-4-11-6-17(25-16(11)8-13)18(27)24-9-14(26)10-28-15-3-1-2-12(7-15)19(21,22)23/h1-8,14,25-26H,9-10H2,(H,24,27). The first-order valence-corrected chi connectivity index (χ1v) is 8.65. The van der Waals surface area contributed by atoms with Gasteiger partial charge in [-0.1, -0.05) is 23.7 Å². The van der Waals surface area contributed by atoms with Crippen molar-refractivity contribution < 1.29 is 27.8 Å². The number of aromatic amines is 1. The van der Waals surface area contributed by atoms with Gasteiger partial charge in [0.05, 0.1) is 5.56 Å². The summed E-state index contributed by atoms with van der Waals surface area (Å²) in [5.74, 6) is -0.460. The first kappa shape index (κ1) is 20.0. The first-order chi connectivity index (χ1) is 13.2. The molecule has 0 spiro atoms. The monoisotopic (exact) mass is 412 g/mol. The molecule has 0 saturated heterocycles. The zero-order valence-electron chi connectivity index (χ0n) is 14.4. The largest absolute Gasteiger partial charge is 0.491 e. The molecule has 2 aromatic carbocycles. The van der Waals surface area contributed by atoms with E-state index in [2.05, 4.69) is 10.3 Å². The van der Waals surface area contributed by atoms with Gasteiger partial charge in [0, 0.05) is 22.5 Å². The smallest absolute Gasteiger partial charge is 0.416 e. The highest BCUT2D eigenvalue weighted by atomic mass is 35.5. The maximum atomic E-state index is 12.7. The van der Waals surface area contributed by atoms with Crippen LogP contribution >= 0.6 is 11.6 Å². The molecule has 0 fully saturated rings. The lowest BCUT2D eigenvalue weighted by atomic mass is 10.2. The van der Waals surface area contributed by atoms with E-state index in [-0.39, 0.29) is 18.9 Å². The van der Waals surface area contributed by atoms with Gasteiger partial charge in [-0.25, -0.2) is 0 Å². The molecule has 1 aromatic heterocycles. The average molecular weight is 413 g/mol. The number of halogens is 4. The van der Waals surface area contributed by atoms with E-state index in [4.69, 9.17) is 16.3 Å². The van der Waals surface area contributed by atoms with Gasteiger partial charge in [-0.15, -0.1) is 0 Å². The second-order valence-corrected chi connectivity index (χ2v) is 6.55. The Morgan fingerprint density at radius 2 is 2.00 bits per heavy atom. The van der Waals surface area contributed by atoms with Crippen LogP contribution in [-0.4, -0.2) is 35.3 Å². The van der Waals surface area contributed by atoms with Crippen LogP contribution in [0.1, 0.15) is 16.1 Å². The molecule has 1 unspecified atom stereocenters. The van der Waals surface area contributed by atoms with Crippen molar-refractivity contribution in [1.29, 1.82) is 0 Å². The van der Waals surface area contributed by atoms with Crippen LogP contribution in [0.3, 0.4) is 0 Å². The highest BCUT2D eigenvalue weighted by molar-refractivity contribution is 6.31. The van der Waals surface area contributed by atoms with Gasteiger partial charge < -0.3 is 20.1 Å². The normalized spacial score (nSPS) is 12.8. The zero-order valence-corrected chi connectivity index (χ0v) is 15.1. The number of rotatable bonds is 6. The molecule has 9 heteroatoms. The van der Waals surface area contributed by atoms with Crippen molar-refractivity contribution in [3.8, 4) is 5.75 Å². The second-order valence-electron chi connectivity index (χ2n) is 6.12. The lowest BCUT2D eigenvalue weighted by molar-refractivity contribution is -0.137. The number of hydrogen-bond acceptors (Lipinski definition) is 3. The van der Waals surface area contributed by atoms with E-state index in [9.17, 15) is 23.1 Å². The number of ether oxygens (including phenoxy) is 1. The Morgan fingerprint density at radius 1 is 1.21 bits per heavy atom. The molecule has 3 aromatic rings. The van der Waals surface area contributed by atoms with Crippen LogP contribution in [0.5, 0.6) is 5.75 Å². The molecule has 3 rings (SSSR count). The van der Waals surface area contributed by atoms with Gasteiger partial charge in [-0.2, -0.15) is 13.2 Å². The molecule has 1 amide bonds. The van der Waals surface area contributed by atoms with Crippen LogP contribution in [0.15, 0.2) is 48.5 Å². The summed E-state index contributed by atoms with van der Waals surface area (Å²) in [5.41, 5.74) is 0.154. The molecular weight excluding hydrogens is 397 g/mol. The molecule has 5 nitrogen and oxygen atoms in total. The summed E-state index contributed by atoms with van der Waals surface area (Å²) < 4.78 is 43.2. The molecular formula is C19H16ClF3N2O3. The summed E-state index contributed by atoms with van der Waals surface area (Å²) in [6, 6.07) is 11.2. The number of alkyl halides is 3. The predicted octanol–water partition coefficient (Wildman–Crippen LogP) is 4.01. The molecule has 1 atom stereocenters. The van der Waals surface area contributed by atoms with Gasteiger partial charge in [-0.05, 0) is 36.4 Å². The van der Waals surface area contributed by atoms with Crippen LogP contribution in [0, 0.1) is 0 Å². The topological polar surface area (TPSA) is 74.3 Å². The summed E-state index contributed by atoms with van der Waals surface area (Å²) in [6.07, 6.45) is -5.58. The maximum Gasteiger partial charge on any atom is 0.416 e. The average Bonchev–Trinajstić information content (AvgIpc) is 3.07. The minimum absolute atomic E-state index is 0.0207. The quantitative estimate of drug-likeness (QED) is 0.572. The SMILES string of the molecule is O=C(NCC(O)COc1cccc(C(F)(F)F)c1)c1cc2ccc(Cl)cc2[nH]1. The van der Waals surface area contributed by atoms with Gasteiger partial charge in [-0.3, -0.25) is 4.79 Å².